The minimum absolute atomic E-state index is 0.0478. The quantitative estimate of drug-likeness (QED) is 0.644. The van der Waals surface area contributed by atoms with Crippen LogP contribution in [0.15, 0.2) is 23.8 Å². The number of carbonyl (C=O) groups is 1. The second-order valence-electron chi connectivity index (χ2n) is 5.76. The van der Waals surface area contributed by atoms with E-state index < -0.39 is 11.4 Å². The number of hydrogen-bond donors (Lipinski definition) is 1. The third-order valence-corrected chi connectivity index (χ3v) is 4.38. The molecule has 1 N–H and O–H groups in total. The molecule has 0 bridgehead atoms. The maximum absolute atomic E-state index is 11.9. The average Bonchev–Trinajstić information content (AvgIpc) is 2.42. The third kappa shape index (κ3) is 3.95. The zero-order valence-corrected chi connectivity index (χ0v) is 13.0. The van der Waals surface area contributed by atoms with E-state index in [9.17, 15) is 9.90 Å². The van der Waals surface area contributed by atoms with Gasteiger partial charge in [-0.1, -0.05) is 56.4 Å². The van der Waals surface area contributed by atoms with Crippen LogP contribution in [0.1, 0.15) is 52.4 Å². The highest BCUT2D eigenvalue weighted by molar-refractivity contribution is 5.78. The molecule has 2 atom stereocenters. The molecule has 2 unspecified atom stereocenters. The molecule has 0 spiro atoms. The fraction of sp³-hybridized carbons (Fsp3) is 0.706. The maximum Gasteiger partial charge on any atom is 0.314 e. The molecule has 0 aromatic rings. The van der Waals surface area contributed by atoms with Crippen LogP contribution < -0.4 is 0 Å². The number of carboxylic acid groups (broad SMARTS) is 1. The minimum Gasteiger partial charge on any atom is -0.481 e. The summed E-state index contributed by atoms with van der Waals surface area (Å²) in [5.74, 6) is -0.648. The molecule has 0 radical (unpaired) electrons. The summed E-state index contributed by atoms with van der Waals surface area (Å²) in [5, 5.41) is 9.81. The Labute approximate surface area is 122 Å². The number of allylic oxidation sites excluding steroid dienone is 3. The Morgan fingerprint density at radius 2 is 2.15 bits per heavy atom. The first-order chi connectivity index (χ1) is 9.58. The van der Waals surface area contributed by atoms with E-state index in [2.05, 4.69) is 6.92 Å². The van der Waals surface area contributed by atoms with Gasteiger partial charge in [0.2, 0.25) is 0 Å². The van der Waals surface area contributed by atoms with Crippen molar-refractivity contribution in [3.05, 3.63) is 23.8 Å². The lowest BCUT2D eigenvalue weighted by Gasteiger charge is -2.37. The number of carboxylic acids is 1. The highest BCUT2D eigenvalue weighted by atomic mass is 16.5. The SMILES string of the molecule is CCCCCCC1(C(=O)O)C=CC=C(C)C1CCOC. The Bertz CT molecular complexity index is 370. The van der Waals surface area contributed by atoms with Crippen molar-refractivity contribution in [2.24, 2.45) is 11.3 Å². The van der Waals surface area contributed by atoms with Gasteiger partial charge >= 0.3 is 5.97 Å². The zero-order valence-electron chi connectivity index (χ0n) is 13.0. The summed E-state index contributed by atoms with van der Waals surface area (Å²) in [6, 6.07) is 0. The first-order valence-electron chi connectivity index (χ1n) is 7.66. The molecule has 0 aromatic carbocycles. The number of ether oxygens (including phenoxy) is 1. The molecule has 0 amide bonds. The number of methoxy groups -OCH3 is 1. The molecule has 1 rings (SSSR count). The van der Waals surface area contributed by atoms with Crippen molar-refractivity contribution in [2.75, 3.05) is 13.7 Å². The first-order valence-corrected chi connectivity index (χ1v) is 7.66. The number of unbranched alkanes of at least 4 members (excludes halogenated alkanes) is 3. The lowest BCUT2D eigenvalue weighted by molar-refractivity contribution is -0.149. The summed E-state index contributed by atoms with van der Waals surface area (Å²) in [5.41, 5.74) is 0.410. The number of rotatable bonds is 9. The fourth-order valence-corrected chi connectivity index (χ4v) is 3.16. The van der Waals surface area contributed by atoms with E-state index in [0.29, 0.717) is 6.61 Å². The summed E-state index contributed by atoms with van der Waals surface area (Å²) in [6.07, 6.45) is 11.8. The first kappa shape index (κ1) is 17.0. The molecular weight excluding hydrogens is 252 g/mol. The van der Waals surface area contributed by atoms with Gasteiger partial charge in [0.15, 0.2) is 0 Å². The Morgan fingerprint density at radius 1 is 1.40 bits per heavy atom. The Morgan fingerprint density at radius 3 is 2.75 bits per heavy atom. The van der Waals surface area contributed by atoms with Gasteiger partial charge in [-0.15, -0.1) is 0 Å². The molecular formula is C17H28O3. The van der Waals surface area contributed by atoms with Crippen molar-refractivity contribution in [2.45, 2.75) is 52.4 Å². The van der Waals surface area contributed by atoms with Crippen LogP contribution in [0.5, 0.6) is 0 Å². The smallest absolute Gasteiger partial charge is 0.314 e. The molecule has 114 valence electrons. The van der Waals surface area contributed by atoms with Gasteiger partial charge in [-0.3, -0.25) is 4.79 Å². The van der Waals surface area contributed by atoms with Crippen molar-refractivity contribution in [3.63, 3.8) is 0 Å². The Balaban J connectivity index is 2.85. The Kier molecular flexibility index (Phi) is 7.00. The van der Waals surface area contributed by atoms with Gasteiger partial charge in [0.05, 0.1) is 5.41 Å². The lowest BCUT2D eigenvalue weighted by atomic mass is 9.65. The van der Waals surface area contributed by atoms with Crippen molar-refractivity contribution < 1.29 is 14.6 Å². The summed E-state index contributed by atoms with van der Waals surface area (Å²) >= 11 is 0. The summed E-state index contributed by atoms with van der Waals surface area (Å²) < 4.78 is 5.16. The van der Waals surface area contributed by atoms with Crippen LogP contribution in [-0.2, 0) is 9.53 Å². The van der Waals surface area contributed by atoms with E-state index in [4.69, 9.17) is 4.74 Å². The van der Waals surface area contributed by atoms with Gasteiger partial charge in [-0.25, -0.2) is 0 Å². The normalized spacial score (nSPS) is 25.6. The minimum atomic E-state index is -0.745. The topological polar surface area (TPSA) is 46.5 Å². The number of hydrogen-bond acceptors (Lipinski definition) is 2. The molecule has 3 nitrogen and oxygen atoms in total. The van der Waals surface area contributed by atoms with Crippen molar-refractivity contribution >= 4 is 5.97 Å². The predicted molar refractivity (Wildman–Crippen MR) is 81.7 cm³/mol. The van der Waals surface area contributed by atoms with E-state index >= 15 is 0 Å². The highest BCUT2D eigenvalue weighted by Crippen LogP contribution is 2.44. The van der Waals surface area contributed by atoms with Crippen LogP contribution >= 0.6 is 0 Å². The molecule has 0 saturated heterocycles. The molecule has 0 heterocycles. The second kappa shape index (κ2) is 8.25. The van der Waals surface area contributed by atoms with E-state index in [0.717, 1.165) is 31.3 Å². The second-order valence-corrected chi connectivity index (χ2v) is 5.76. The van der Waals surface area contributed by atoms with Crippen molar-refractivity contribution in [3.8, 4) is 0 Å². The Hall–Kier alpha value is -1.09. The zero-order chi connectivity index (χ0) is 15.0. The summed E-state index contributed by atoms with van der Waals surface area (Å²) in [6.45, 7) is 4.81. The molecule has 0 aromatic heterocycles. The van der Waals surface area contributed by atoms with Crippen LogP contribution in [0, 0.1) is 11.3 Å². The molecule has 0 aliphatic heterocycles. The van der Waals surface area contributed by atoms with Crippen LogP contribution in [0.2, 0.25) is 0 Å². The highest BCUT2D eigenvalue weighted by Gasteiger charge is 2.44. The third-order valence-electron chi connectivity index (χ3n) is 4.38. The lowest BCUT2D eigenvalue weighted by Crippen LogP contribution is -2.39. The van der Waals surface area contributed by atoms with Gasteiger partial charge in [0, 0.05) is 19.6 Å². The molecule has 3 heteroatoms. The van der Waals surface area contributed by atoms with Gasteiger partial charge < -0.3 is 9.84 Å². The van der Waals surface area contributed by atoms with E-state index in [1.54, 1.807) is 7.11 Å². The van der Waals surface area contributed by atoms with E-state index in [1.165, 1.54) is 12.8 Å². The maximum atomic E-state index is 11.9. The average molecular weight is 280 g/mol. The van der Waals surface area contributed by atoms with Gasteiger partial charge in [0.25, 0.3) is 0 Å². The fourth-order valence-electron chi connectivity index (χ4n) is 3.16. The van der Waals surface area contributed by atoms with Gasteiger partial charge in [-0.05, 0) is 19.8 Å². The summed E-state index contributed by atoms with van der Waals surface area (Å²) in [7, 11) is 1.67. The standard InChI is InChI=1S/C17H28O3/c1-4-5-6-7-11-17(16(18)19)12-8-9-14(2)15(17)10-13-20-3/h8-9,12,15H,4-7,10-11,13H2,1-3H3,(H,18,19). The van der Waals surface area contributed by atoms with E-state index in [1.807, 2.05) is 25.2 Å². The monoisotopic (exact) mass is 280 g/mol. The largest absolute Gasteiger partial charge is 0.481 e. The van der Waals surface area contributed by atoms with Crippen LogP contribution in [0.4, 0.5) is 0 Å². The predicted octanol–water partition coefficient (Wildman–Crippen LogP) is 4.20. The summed E-state index contributed by atoms with van der Waals surface area (Å²) in [4.78, 5) is 11.9. The molecule has 0 fully saturated rings. The molecule has 1 aliphatic carbocycles. The van der Waals surface area contributed by atoms with Crippen LogP contribution in [0.25, 0.3) is 0 Å². The molecule has 20 heavy (non-hydrogen) atoms. The van der Waals surface area contributed by atoms with Gasteiger partial charge in [0.1, 0.15) is 0 Å². The van der Waals surface area contributed by atoms with Crippen LogP contribution in [0.3, 0.4) is 0 Å². The van der Waals surface area contributed by atoms with Crippen molar-refractivity contribution in [1.29, 1.82) is 0 Å². The van der Waals surface area contributed by atoms with Crippen molar-refractivity contribution in [1.82, 2.24) is 0 Å². The van der Waals surface area contributed by atoms with Crippen LogP contribution in [-0.4, -0.2) is 24.8 Å². The van der Waals surface area contributed by atoms with E-state index in [-0.39, 0.29) is 5.92 Å². The van der Waals surface area contributed by atoms with Gasteiger partial charge in [-0.2, -0.15) is 0 Å². The number of aliphatic carboxylic acids is 1. The molecule has 1 aliphatic rings. The molecule has 0 saturated carbocycles.